The summed E-state index contributed by atoms with van der Waals surface area (Å²) in [6.45, 7) is 8.27. The first kappa shape index (κ1) is 13.4. The van der Waals surface area contributed by atoms with Gasteiger partial charge in [-0.2, -0.15) is 0 Å². The molecule has 0 bridgehead atoms. The molecule has 0 spiro atoms. The van der Waals surface area contributed by atoms with Crippen molar-refractivity contribution in [3.8, 4) is 5.75 Å². The van der Waals surface area contributed by atoms with Crippen LogP contribution in [0, 0.1) is 0 Å². The molecule has 1 aliphatic rings. The molecule has 1 aliphatic carbocycles. The molecule has 0 aliphatic heterocycles. The van der Waals surface area contributed by atoms with E-state index in [1.54, 1.807) is 0 Å². The fourth-order valence-electron chi connectivity index (χ4n) is 2.55. The van der Waals surface area contributed by atoms with Crippen LogP contribution in [0.15, 0.2) is 18.2 Å². The van der Waals surface area contributed by atoms with Gasteiger partial charge in [0.15, 0.2) is 0 Å². The summed E-state index contributed by atoms with van der Waals surface area (Å²) >= 11 is 0. The van der Waals surface area contributed by atoms with E-state index in [1.807, 2.05) is 6.07 Å². The molecule has 1 aromatic rings. The zero-order valence-corrected chi connectivity index (χ0v) is 11.5. The molecular weight excluding hydrogens is 224 g/mol. The number of fused-ring (bicyclic) bond motifs is 1. The third-order valence-corrected chi connectivity index (χ3v) is 3.81. The fraction of sp³-hybridized carbons (Fsp3) is 0.600. The van der Waals surface area contributed by atoms with E-state index < -0.39 is 0 Å². The van der Waals surface area contributed by atoms with Gasteiger partial charge in [-0.15, -0.1) is 0 Å². The zero-order valence-electron chi connectivity index (χ0n) is 11.5. The highest BCUT2D eigenvalue weighted by molar-refractivity contribution is 5.40. The van der Waals surface area contributed by atoms with Gasteiger partial charge in [0.25, 0.3) is 0 Å². The summed E-state index contributed by atoms with van der Waals surface area (Å²) in [5.74, 6) is 0.981. The minimum Gasteiger partial charge on any atom is -0.492 e. The summed E-state index contributed by atoms with van der Waals surface area (Å²) in [5.41, 5.74) is 8.69. The van der Waals surface area contributed by atoms with Crippen molar-refractivity contribution >= 4 is 0 Å². The third kappa shape index (κ3) is 3.03. The Morgan fingerprint density at radius 3 is 2.83 bits per heavy atom. The Labute approximate surface area is 110 Å². The van der Waals surface area contributed by atoms with Gasteiger partial charge in [0.05, 0.1) is 0 Å². The summed E-state index contributed by atoms with van der Waals surface area (Å²) in [7, 11) is 0. The SMILES string of the molecule is CCN(CC)CCOc1ccc2c(c1)CC[C@H]2N. The summed E-state index contributed by atoms with van der Waals surface area (Å²) in [5, 5.41) is 0. The highest BCUT2D eigenvalue weighted by Gasteiger charge is 2.18. The number of aryl methyl sites for hydroxylation is 1. The number of hydrogen-bond acceptors (Lipinski definition) is 3. The van der Waals surface area contributed by atoms with Crippen LogP contribution in [0.4, 0.5) is 0 Å². The lowest BCUT2D eigenvalue weighted by molar-refractivity contribution is 0.222. The molecule has 18 heavy (non-hydrogen) atoms. The molecule has 0 amide bonds. The van der Waals surface area contributed by atoms with Crippen molar-refractivity contribution in [3.63, 3.8) is 0 Å². The van der Waals surface area contributed by atoms with Crippen LogP contribution >= 0.6 is 0 Å². The van der Waals surface area contributed by atoms with Crippen molar-refractivity contribution in [2.75, 3.05) is 26.2 Å². The third-order valence-electron chi connectivity index (χ3n) is 3.81. The van der Waals surface area contributed by atoms with Gasteiger partial charge in [-0.25, -0.2) is 0 Å². The molecule has 1 aromatic carbocycles. The van der Waals surface area contributed by atoms with Gasteiger partial charge in [-0.1, -0.05) is 19.9 Å². The summed E-state index contributed by atoms with van der Waals surface area (Å²) < 4.78 is 5.82. The Hall–Kier alpha value is -1.06. The molecule has 0 fully saturated rings. The van der Waals surface area contributed by atoms with Crippen LogP contribution in [0.5, 0.6) is 5.75 Å². The lowest BCUT2D eigenvalue weighted by atomic mass is 10.1. The van der Waals surface area contributed by atoms with Crippen molar-refractivity contribution in [3.05, 3.63) is 29.3 Å². The quantitative estimate of drug-likeness (QED) is 0.840. The number of ether oxygens (including phenoxy) is 1. The largest absolute Gasteiger partial charge is 0.492 e. The normalized spacial score (nSPS) is 18.1. The molecule has 1 atom stereocenters. The molecule has 3 nitrogen and oxygen atoms in total. The zero-order chi connectivity index (χ0) is 13.0. The molecule has 0 saturated carbocycles. The number of likely N-dealkylation sites (N-methyl/N-ethyl adjacent to an activating group) is 1. The lowest BCUT2D eigenvalue weighted by Gasteiger charge is -2.18. The standard InChI is InChI=1S/C15H24N2O/c1-3-17(4-2)9-10-18-13-6-7-14-12(11-13)5-8-15(14)16/h6-7,11,15H,3-5,8-10,16H2,1-2H3/t15-/m1/s1. The number of nitrogens with two attached hydrogens (primary N) is 1. The van der Waals surface area contributed by atoms with Gasteiger partial charge >= 0.3 is 0 Å². The van der Waals surface area contributed by atoms with E-state index in [0.717, 1.165) is 44.8 Å². The van der Waals surface area contributed by atoms with E-state index in [1.165, 1.54) is 11.1 Å². The average Bonchev–Trinajstić information content (AvgIpc) is 2.76. The number of benzene rings is 1. The molecule has 100 valence electrons. The molecule has 3 heteroatoms. The summed E-state index contributed by atoms with van der Waals surface area (Å²) in [6, 6.07) is 6.56. The van der Waals surface area contributed by atoms with E-state index in [4.69, 9.17) is 10.5 Å². The molecule has 2 rings (SSSR count). The lowest BCUT2D eigenvalue weighted by Crippen LogP contribution is -2.27. The van der Waals surface area contributed by atoms with E-state index in [-0.39, 0.29) is 6.04 Å². The monoisotopic (exact) mass is 248 g/mol. The maximum absolute atomic E-state index is 6.02. The van der Waals surface area contributed by atoms with Crippen molar-refractivity contribution in [1.29, 1.82) is 0 Å². The van der Waals surface area contributed by atoms with Crippen LogP contribution in [0.25, 0.3) is 0 Å². The predicted octanol–water partition coefficient (Wildman–Crippen LogP) is 2.35. The number of nitrogens with zero attached hydrogens (tertiary/aromatic N) is 1. The van der Waals surface area contributed by atoms with Crippen molar-refractivity contribution in [2.24, 2.45) is 5.73 Å². The molecule has 2 N–H and O–H groups in total. The first-order chi connectivity index (χ1) is 8.74. The van der Waals surface area contributed by atoms with E-state index >= 15 is 0 Å². The second-order valence-electron chi connectivity index (χ2n) is 4.88. The van der Waals surface area contributed by atoms with Gasteiger partial charge in [-0.3, -0.25) is 0 Å². The van der Waals surface area contributed by atoms with Crippen molar-refractivity contribution in [1.82, 2.24) is 4.90 Å². The Morgan fingerprint density at radius 1 is 1.33 bits per heavy atom. The van der Waals surface area contributed by atoms with Gasteiger partial charge in [0.1, 0.15) is 12.4 Å². The number of hydrogen-bond donors (Lipinski definition) is 1. The molecule has 0 saturated heterocycles. The highest BCUT2D eigenvalue weighted by Crippen LogP contribution is 2.31. The molecule has 0 aromatic heterocycles. The van der Waals surface area contributed by atoms with Crippen LogP contribution in [-0.2, 0) is 6.42 Å². The Balaban J connectivity index is 1.87. The smallest absolute Gasteiger partial charge is 0.119 e. The van der Waals surface area contributed by atoms with E-state index in [9.17, 15) is 0 Å². The van der Waals surface area contributed by atoms with Gasteiger partial charge < -0.3 is 15.4 Å². The van der Waals surface area contributed by atoms with Gasteiger partial charge in [0.2, 0.25) is 0 Å². The van der Waals surface area contributed by atoms with Crippen LogP contribution in [-0.4, -0.2) is 31.1 Å². The average molecular weight is 248 g/mol. The summed E-state index contributed by atoms with van der Waals surface area (Å²) in [6.07, 6.45) is 2.15. The molecule has 0 radical (unpaired) electrons. The maximum atomic E-state index is 6.02. The first-order valence-electron chi connectivity index (χ1n) is 6.98. The fourth-order valence-corrected chi connectivity index (χ4v) is 2.55. The van der Waals surface area contributed by atoms with Crippen LogP contribution in [0.3, 0.4) is 0 Å². The first-order valence-corrected chi connectivity index (χ1v) is 6.98. The van der Waals surface area contributed by atoms with Crippen molar-refractivity contribution < 1.29 is 4.74 Å². The maximum Gasteiger partial charge on any atom is 0.119 e. The van der Waals surface area contributed by atoms with Gasteiger partial charge in [0, 0.05) is 12.6 Å². The minimum absolute atomic E-state index is 0.227. The van der Waals surface area contributed by atoms with Crippen molar-refractivity contribution in [2.45, 2.75) is 32.7 Å². The van der Waals surface area contributed by atoms with E-state index in [0.29, 0.717) is 0 Å². The minimum atomic E-state index is 0.227. The topological polar surface area (TPSA) is 38.5 Å². The predicted molar refractivity (Wildman–Crippen MR) is 75.0 cm³/mol. The molecular formula is C15H24N2O. The second kappa shape index (κ2) is 6.21. The Kier molecular flexibility index (Phi) is 4.61. The van der Waals surface area contributed by atoms with Crippen LogP contribution < -0.4 is 10.5 Å². The van der Waals surface area contributed by atoms with Crippen LogP contribution in [0.2, 0.25) is 0 Å². The molecule has 0 unspecified atom stereocenters. The van der Waals surface area contributed by atoms with E-state index in [2.05, 4.69) is 30.9 Å². The second-order valence-corrected chi connectivity index (χ2v) is 4.88. The summed E-state index contributed by atoms with van der Waals surface area (Å²) in [4.78, 5) is 2.36. The Morgan fingerprint density at radius 2 is 2.11 bits per heavy atom. The number of rotatable bonds is 6. The Bertz CT molecular complexity index is 388. The van der Waals surface area contributed by atoms with Gasteiger partial charge in [-0.05, 0) is 49.2 Å². The van der Waals surface area contributed by atoms with Crippen LogP contribution in [0.1, 0.15) is 37.4 Å². The highest BCUT2D eigenvalue weighted by atomic mass is 16.5. The molecule has 0 heterocycles.